The second-order valence-electron chi connectivity index (χ2n) is 4.78. The lowest BCUT2D eigenvalue weighted by Crippen LogP contribution is -2.02. The zero-order chi connectivity index (χ0) is 14.8. The van der Waals surface area contributed by atoms with E-state index in [9.17, 15) is 0 Å². The number of rotatable bonds is 5. The summed E-state index contributed by atoms with van der Waals surface area (Å²) in [6, 6.07) is 5.93. The molecule has 0 fully saturated rings. The Balaban J connectivity index is 1.77. The summed E-state index contributed by atoms with van der Waals surface area (Å²) in [7, 11) is 1.68. The van der Waals surface area contributed by atoms with Crippen molar-refractivity contribution in [3.63, 3.8) is 0 Å². The maximum absolute atomic E-state index is 5.24. The van der Waals surface area contributed by atoms with E-state index in [1.54, 1.807) is 18.4 Å². The average Bonchev–Trinajstić information content (AvgIpc) is 3.07. The van der Waals surface area contributed by atoms with Gasteiger partial charge in [-0.3, -0.25) is 4.68 Å². The Kier molecular flexibility index (Phi) is 3.79. The lowest BCUT2D eigenvalue weighted by molar-refractivity contribution is 0.415. The molecule has 2 aromatic heterocycles. The van der Waals surface area contributed by atoms with Gasteiger partial charge >= 0.3 is 0 Å². The second-order valence-corrected chi connectivity index (χ2v) is 5.81. The first kappa shape index (κ1) is 13.9. The number of ether oxygens (including phenoxy) is 1. The largest absolute Gasteiger partial charge is 0.497 e. The number of thiazole rings is 1. The van der Waals surface area contributed by atoms with Crippen LogP contribution in [0.4, 0.5) is 5.13 Å². The molecule has 3 aromatic rings. The number of fused-ring (bicyclic) bond motifs is 1. The Morgan fingerprint density at radius 1 is 1.38 bits per heavy atom. The van der Waals surface area contributed by atoms with Gasteiger partial charge in [-0.25, -0.2) is 4.98 Å². The van der Waals surface area contributed by atoms with Gasteiger partial charge in [-0.15, -0.1) is 0 Å². The molecule has 110 valence electrons. The number of hydrogen-bond acceptors (Lipinski definition) is 5. The van der Waals surface area contributed by atoms with E-state index in [2.05, 4.69) is 29.2 Å². The summed E-state index contributed by atoms with van der Waals surface area (Å²) >= 11 is 1.64. The van der Waals surface area contributed by atoms with E-state index < -0.39 is 0 Å². The average molecular weight is 302 g/mol. The Labute approximate surface area is 127 Å². The fourth-order valence-corrected chi connectivity index (χ4v) is 3.15. The molecule has 0 aliphatic heterocycles. The number of hydrogen-bond donors (Lipinski definition) is 1. The normalized spacial score (nSPS) is 11.0. The number of nitrogens with zero attached hydrogens (tertiary/aromatic N) is 3. The van der Waals surface area contributed by atoms with Crippen LogP contribution >= 0.6 is 11.3 Å². The number of aromatic nitrogens is 3. The molecule has 0 saturated carbocycles. The smallest absolute Gasteiger partial charge is 0.184 e. The molecular formula is C15H18N4OS. The molecule has 1 aromatic carbocycles. The first-order valence-electron chi connectivity index (χ1n) is 6.91. The van der Waals surface area contributed by atoms with Crippen LogP contribution in [-0.4, -0.2) is 21.9 Å². The number of aryl methyl sites for hydroxylation is 1. The lowest BCUT2D eigenvalue weighted by Gasteiger charge is -2.03. The van der Waals surface area contributed by atoms with Crippen LogP contribution in [0.1, 0.15) is 18.2 Å². The molecule has 1 N–H and O–H groups in total. The van der Waals surface area contributed by atoms with Crippen molar-refractivity contribution in [1.82, 2.24) is 14.8 Å². The van der Waals surface area contributed by atoms with E-state index in [4.69, 9.17) is 4.74 Å². The van der Waals surface area contributed by atoms with Crippen molar-refractivity contribution in [3.8, 4) is 5.75 Å². The van der Waals surface area contributed by atoms with E-state index >= 15 is 0 Å². The molecule has 0 bridgehead atoms. The van der Waals surface area contributed by atoms with Crippen LogP contribution in [0, 0.1) is 6.92 Å². The van der Waals surface area contributed by atoms with Gasteiger partial charge in [0.1, 0.15) is 5.75 Å². The van der Waals surface area contributed by atoms with Gasteiger partial charge in [0.25, 0.3) is 0 Å². The molecule has 0 spiro atoms. The molecule has 0 saturated heterocycles. The fraction of sp³-hybridized carbons (Fsp3) is 0.333. The van der Waals surface area contributed by atoms with Crippen molar-refractivity contribution in [1.29, 1.82) is 0 Å². The summed E-state index contributed by atoms with van der Waals surface area (Å²) in [5.74, 6) is 0.859. The highest BCUT2D eigenvalue weighted by molar-refractivity contribution is 7.22. The van der Waals surface area contributed by atoms with Gasteiger partial charge in [0.15, 0.2) is 5.13 Å². The van der Waals surface area contributed by atoms with Crippen LogP contribution in [0.2, 0.25) is 0 Å². The highest BCUT2D eigenvalue weighted by atomic mass is 32.1. The van der Waals surface area contributed by atoms with Crippen LogP contribution < -0.4 is 10.1 Å². The van der Waals surface area contributed by atoms with E-state index in [1.165, 1.54) is 11.3 Å². The molecule has 0 atom stereocenters. The zero-order valence-electron chi connectivity index (χ0n) is 12.4. The van der Waals surface area contributed by atoms with Gasteiger partial charge in [0.2, 0.25) is 0 Å². The molecule has 5 nitrogen and oxygen atoms in total. The minimum atomic E-state index is 0.739. The first-order chi connectivity index (χ1) is 10.2. The van der Waals surface area contributed by atoms with Gasteiger partial charge < -0.3 is 10.1 Å². The van der Waals surface area contributed by atoms with Crippen molar-refractivity contribution in [2.45, 2.75) is 26.9 Å². The molecule has 6 heteroatoms. The molecule has 0 aliphatic carbocycles. The predicted octanol–water partition coefficient (Wildman–Crippen LogP) is 3.44. The van der Waals surface area contributed by atoms with Crippen LogP contribution in [0.25, 0.3) is 10.2 Å². The van der Waals surface area contributed by atoms with Crippen molar-refractivity contribution in [2.24, 2.45) is 0 Å². The molecule has 0 radical (unpaired) electrons. The summed E-state index contributed by atoms with van der Waals surface area (Å²) in [5, 5.41) is 8.65. The fourth-order valence-electron chi connectivity index (χ4n) is 2.26. The van der Waals surface area contributed by atoms with Crippen LogP contribution in [0.5, 0.6) is 5.75 Å². The third kappa shape index (κ3) is 2.71. The van der Waals surface area contributed by atoms with Crippen molar-refractivity contribution < 1.29 is 4.74 Å². The Morgan fingerprint density at radius 2 is 2.24 bits per heavy atom. The van der Waals surface area contributed by atoms with Crippen molar-refractivity contribution in [2.75, 3.05) is 12.4 Å². The lowest BCUT2D eigenvalue weighted by atomic mass is 10.2. The van der Waals surface area contributed by atoms with Gasteiger partial charge in [-0.2, -0.15) is 5.10 Å². The highest BCUT2D eigenvalue weighted by Crippen LogP contribution is 2.29. The molecule has 2 heterocycles. The summed E-state index contributed by atoms with van der Waals surface area (Å²) < 4.78 is 8.36. The Morgan fingerprint density at radius 3 is 2.95 bits per heavy atom. The first-order valence-corrected chi connectivity index (χ1v) is 7.72. The van der Waals surface area contributed by atoms with Crippen molar-refractivity contribution in [3.05, 3.63) is 35.7 Å². The van der Waals surface area contributed by atoms with Gasteiger partial charge in [-0.05, 0) is 32.0 Å². The van der Waals surface area contributed by atoms with Crippen LogP contribution in [-0.2, 0) is 13.1 Å². The van der Waals surface area contributed by atoms with Gasteiger partial charge in [0.05, 0.1) is 23.5 Å². The molecule has 0 amide bonds. The van der Waals surface area contributed by atoms with E-state index in [0.29, 0.717) is 0 Å². The summed E-state index contributed by atoms with van der Waals surface area (Å²) in [4.78, 5) is 4.58. The number of benzene rings is 1. The minimum absolute atomic E-state index is 0.739. The molecule has 3 rings (SSSR count). The van der Waals surface area contributed by atoms with E-state index in [1.807, 2.05) is 29.1 Å². The maximum atomic E-state index is 5.24. The Hall–Kier alpha value is -2.08. The summed E-state index contributed by atoms with van der Waals surface area (Å²) in [6.07, 6.45) is 1.92. The second kappa shape index (κ2) is 5.73. The highest BCUT2D eigenvalue weighted by Gasteiger charge is 2.08. The standard InChI is InChI=1S/C15H18N4OS/c1-4-19-10(2)11(9-17-19)8-16-15-18-13-6-5-12(20-3)7-14(13)21-15/h5-7,9H,4,8H2,1-3H3,(H,16,18). The molecule has 21 heavy (non-hydrogen) atoms. The summed E-state index contributed by atoms with van der Waals surface area (Å²) in [6.45, 7) is 5.82. The van der Waals surface area contributed by atoms with Crippen LogP contribution in [0.15, 0.2) is 24.4 Å². The molecular weight excluding hydrogens is 284 g/mol. The van der Waals surface area contributed by atoms with E-state index in [-0.39, 0.29) is 0 Å². The van der Waals surface area contributed by atoms with E-state index in [0.717, 1.165) is 34.2 Å². The minimum Gasteiger partial charge on any atom is -0.497 e. The molecule has 0 unspecified atom stereocenters. The topological polar surface area (TPSA) is 52.0 Å². The quantitative estimate of drug-likeness (QED) is 0.784. The summed E-state index contributed by atoms with van der Waals surface area (Å²) in [5.41, 5.74) is 3.39. The predicted molar refractivity (Wildman–Crippen MR) is 86.1 cm³/mol. The Bertz CT molecular complexity index is 762. The van der Waals surface area contributed by atoms with Crippen molar-refractivity contribution >= 4 is 26.7 Å². The molecule has 0 aliphatic rings. The number of nitrogens with one attached hydrogen (secondary N) is 1. The monoisotopic (exact) mass is 302 g/mol. The zero-order valence-corrected chi connectivity index (χ0v) is 13.2. The SMILES string of the molecule is CCn1ncc(CNc2nc3ccc(OC)cc3s2)c1C. The van der Waals surface area contributed by atoms with Gasteiger partial charge in [0, 0.05) is 24.3 Å². The number of methoxy groups -OCH3 is 1. The van der Waals surface area contributed by atoms with Gasteiger partial charge in [-0.1, -0.05) is 11.3 Å². The third-order valence-electron chi connectivity index (χ3n) is 3.53. The van der Waals surface area contributed by atoms with Crippen LogP contribution in [0.3, 0.4) is 0 Å². The number of anilines is 1. The maximum Gasteiger partial charge on any atom is 0.184 e. The third-order valence-corrected chi connectivity index (χ3v) is 4.51.